The molecule has 1 amide bonds. The molecule has 3 rings (SSSR count). The van der Waals surface area contributed by atoms with Crippen LogP contribution in [0.15, 0.2) is 36.4 Å². The summed E-state index contributed by atoms with van der Waals surface area (Å²) in [6.07, 6.45) is -0.820. The third kappa shape index (κ3) is 5.29. The Balaban J connectivity index is 0.000000941. The highest BCUT2D eigenvalue weighted by atomic mass is 32.1. The van der Waals surface area contributed by atoms with Crippen LogP contribution in [0.3, 0.4) is 0 Å². The van der Waals surface area contributed by atoms with Crippen LogP contribution in [-0.4, -0.2) is 50.2 Å². The summed E-state index contributed by atoms with van der Waals surface area (Å²) in [7, 11) is 3.75. The molecule has 1 saturated heterocycles. The molecule has 1 fully saturated rings. The first-order valence-corrected chi connectivity index (χ1v) is 9.38. The molecule has 1 aliphatic heterocycles. The highest BCUT2D eigenvalue weighted by Crippen LogP contribution is 2.30. The van der Waals surface area contributed by atoms with Gasteiger partial charge in [-0.3, -0.25) is 9.52 Å². The average molecular weight is 429 g/mol. The van der Waals surface area contributed by atoms with E-state index in [0.717, 1.165) is 18.2 Å². The van der Waals surface area contributed by atoms with Crippen LogP contribution in [0.25, 0.3) is 11.1 Å². The molecule has 2 aromatic rings. The molecule has 3 atom stereocenters. The topological polar surface area (TPSA) is 44.4 Å². The van der Waals surface area contributed by atoms with Crippen LogP contribution in [0.1, 0.15) is 5.56 Å². The zero-order valence-corrected chi connectivity index (χ0v) is 16.9. The van der Waals surface area contributed by atoms with Crippen LogP contribution in [0.5, 0.6) is 0 Å². The molecule has 0 spiro atoms. The Hall–Kier alpha value is -2.10. The maximum absolute atomic E-state index is 15.0. The van der Waals surface area contributed by atoms with E-state index < -0.39 is 35.7 Å². The van der Waals surface area contributed by atoms with E-state index in [-0.39, 0.29) is 29.7 Å². The van der Waals surface area contributed by atoms with E-state index in [1.165, 1.54) is 23.1 Å². The van der Waals surface area contributed by atoms with Gasteiger partial charge in [-0.25, -0.2) is 17.6 Å². The second-order valence-corrected chi connectivity index (χ2v) is 6.91. The number of rotatable bonds is 5. The number of nitrogens with one attached hydrogen (secondary N) is 2. The normalized spacial score (nSPS) is 20.9. The molecular formula is C20H23F4N3OS. The zero-order chi connectivity index (χ0) is 21.6. The molecule has 0 bridgehead atoms. The smallest absolute Gasteiger partial charge is 0.210 e. The number of halogens is 4. The summed E-state index contributed by atoms with van der Waals surface area (Å²) in [5, 5.41) is 2.75. The highest BCUT2D eigenvalue weighted by molar-refractivity contribution is 7.78. The molecule has 0 radical (unpaired) electrons. The second-order valence-electron chi connectivity index (χ2n) is 6.65. The van der Waals surface area contributed by atoms with E-state index in [2.05, 4.69) is 22.9 Å². The minimum absolute atomic E-state index is 0.00793. The van der Waals surface area contributed by atoms with Crippen LogP contribution in [0.4, 0.5) is 17.6 Å². The fourth-order valence-corrected chi connectivity index (χ4v) is 3.64. The summed E-state index contributed by atoms with van der Waals surface area (Å²) in [6, 6.07) is 5.70. The summed E-state index contributed by atoms with van der Waals surface area (Å²) in [4.78, 5) is 12.4. The van der Waals surface area contributed by atoms with Gasteiger partial charge in [0.05, 0.1) is 18.6 Å². The van der Waals surface area contributed by atoms with Crippen molar-refractivity contribution < 1.29 is 22.4 Å². The number of carbonyl (C=O) groups excluding carboxylic acids is 1. The van der Waals surface area contributed by atoms with E-state index in [1.54, 1.807) is 0 Å². The van der Waals surface area contributed by atoms with Crippen molar-refractivity contribution in [2.24, 2.45) is 0 Å². The van der Waals surface area contributed by atoms with Crippen molar-refractivity contribution in [1.82, 2.24) is 14.9 Å². The SMILES string of the molecule is CNC.O=CN1CC(F)C(NS)C1Cc1cccc(-c2cc(F)ccc2F)c1F. The number of hydrogen-bond acceptors (Lipinski definition) is 4. The summed E-state index contributed by atoms with van der Waals surface area (Å²) < 4.78 is 58.9. The van der Waals surface area contributed by atoms with Crippen molar-refractivity contribution in [3.8, 4) is 11.1 Å². The van der Waals surface area contributed by atoms with Crippen LogP contribution < -0.4 is 10.0 Å². The van der Waals surface area contributed by atoms with Gasteiger partial charge in [-0.15, -0.1) is 0 Å². The summed E-state index contributed by atoms with van der Waals surface area (Å²) in [6.45, 7) is -0.119. The van der Waals surface area contributed by atoms with Gasteiger partial charge < -0.3 is 10.2 Å². The number of nitrogens with zero attached hydrogens (tertiary/aromatic N) is 1. The first-order valence-electron chi connectivity index (χ1n) is 8.93. The molecule has 2 N–H and O–H groups in total. The Morgan fingerprint density at radius 1 is 1.17 bits per heavy atom. The molecule has 1 aliphatic rings. The number of likely N-dealkylation sites (tertiary alicyclic amines) is 1. The minimum Gasteiger partial charge on any atom is -0.337 e. The van der Waals surface area contributed by atoms with Crippen molar-refractivity contribution in [1.29, 1.82) is 0 Å². The molecule has 29 heavy (non-hydrogen) atoms. The van der Waals surface area contributed by atoms with Crippen LogP contribution in [0, 0.1) is 17.5 Å². The monoisotopic (exact) mass is 429 g/mol. The van der Waals surface area contributed by atoms with Crippen molar-refractivity contribution in [3.63, 3.8) is 0 Å². The lowest BCUT2D eigenvalue weighted by molar-refractivity contribution is -0.119. The predicted octanol–water partition coefficient (Wildman–Crippen LogP) is 3.13. The fourth-order valence-electron chi connectivity index (χ4n) is 3.30. The van der Waals surface area contributed by atoms with Gasteiger partial charge >= 0.3 is 0 Å². The van der Waals surface area contributed by atoms with Gasteiger partial charge in [0.15, 0.2) is 0 Å². The Morgan fingerprint density at radius 3 is 2.48 bits per heavy atom. The highest BCUT2D eigenvalue weighted by Gasteiger charge is 2.41. The van der Waals surface area contributed by atoms with Crippen LogP contribution >= 0.6 is 12.8 Å². The lowest BCUT2D eigenvalue weighted by Crippen LogP contribution is -2.42. The largest absolute Gasteiger partial charge is 0.337 e. The molecule has 0 aliphatic carbocycles. The van der Waals surface area contributed by atoms with Gasteiger partial charge in [-0.1, -0.05) is 31.0 Å². The molecule has 9 heteroatoms. The van der Waals surface area contributed by atoms with Crippen molar-refractivity contribution in [2.45, 2.75) is 24.7 Å². The first kappa shape index (κ1) is 23.2. The Bertz CT molecular complexity index is 839. The zero-order valence-electron chi connectivity index (χ0n) is 16.0. The van der Waals surface area contributed by atoms with E-state index in [4.69, 9.17) is 0 Å². The third-order valence-corrected chi connectivity index (χ3v) is 4.92. The second kappa shape index (κ2) is 10.6. The average Bonchev–Trinajstić information content (AvgIpc) is 3.00. The summed E-state index contributed by atoms with van der Waals surface area (Å²) in [5.41, 5.74) is -0.122. The van der Waals surface area contributed by atoms with E-state index >= 15 is 0 Å². The van der Waals surface area contributed by atoms with Gasteiger partial charge in [-0.05, 0) is 44.3 Å². The summed E-state index contributed by atoms with van der Waals surface area (Å²) in [5.74, 6) is -2.17. The van der Waals surface area contributed by atoms with Crippen LogP contribution in [0.2, 0.25) is 0 Å². The number of alkyl halides is 1. The van der Waals surface area contributed by atoms with E-state index in [9.17, 15) is 22.4 Å². The standard InChI is InChI=1S/C18H16F4N2OS.C2H7N/c19-11-4-5-14(20)13(7-11)12-3-1-2-10(17(12)22)6-16-18(23-26)15(21)8-24(16)9-25;1-3-2/h1-5,7,9,15-16,18,23,26H,6,8H2;3H,1-2H3. The minimum atomic E-state index is -1.34. The van der Waals surface area contributed by atoms with Crippen molar-refractivity contribution in [2.75, 3.05) is 20.6 Å². The number of benzene rings is 2. The molecule has 3 unspecified atom stereocenters. The summed E-state index contributed by atoms with van der Waals surface area (Å²) >= 11 is 3.89. The molecular weight excluding hydrogens is 406 g/mol. The number of thiol groups is 1. The first-order chi connectivity index (χ1) is 13.9. The van der Waals surface area contributed by atoms with Gasteiger partial charge in [0.2, 0.25) is 6.41 Å². The number of amides is 1. The quantitative estimate of drug-likeness (QED) is 0.389. The Kier molecular flexibility index (Phi) is 8.48. The van der Waals surface area contributed by atoms with Gasteiger partial charge in [0.25, 0.3) is 0 Å². The molecule has 0 saturated carbocycles. The van der Waals surface area contributed by atoms with E-state index in [0.29, 0.717) is 6.41 Å². The fraction of sp³-hybridized carbons (Fsp3) is 0.350. The van der Waals surface area contributed by atoms with Gasteiger partial charge in [-0.2, -0.15) is 0 Å². The maximum atomic E-state index is 15.0. The number of carbonyl (C=O) groups is 1. The lowest BCUT2D eigenvalue weighted by atomic mass is 9.95. The van der Waals surface area contributed by atoms with Crippen molar-refractivity contribution in [3.05, 3.63) is 59.4 Å². The van der Waals surface area contributed by atoms with E-state index in [1.807, 2.05) is 14.1 Å². The predicted molar refractivity (Wildman–Crippen MR) is 108 cm³/mol. The Labute approximate surface area is 172 Å². The Morgan fingerprint density at radius 2 is 1.86 bits per heavy atom. The third-order valence-electron chi connectivity index (χ3n) is 4.63. The molecule has 158 valence electrons. The number of hydrogen-bond donors (Lipinski definition) is 3. The van der Waals surface area contributed by atoms with Crippen molar-refractivity contribution >= 4 is 19.2 Å². The van der Waals surface area contributed by atoms with Gasteiger partial charge in [0, 0.05) is 11.1 Å². The van der Waals surface area contributed by atoms with Gasteiger partial charge in [0.1, 0.15) is 23.6 Å². The molecule has 2 aromatic carbocycles. The van der Waals surface area contributed by atoms with Crippen LogP contribution in [-0.2, 0) is 11.2 Å². The lowest BCUT2D eigenvalue weighted by Gasteiger charge is -2.25. The molecule has 1 heterocycles. The molecule has 4 nitrogen and oxygen atoms in total. The molecule has 0 aromatic heterocycles. The maximum Gasteiger partial charge on any atom is 0.210 e.